The fraction of sp³-hybridized carbons (Fsp3) is 1.00. The van der Waals surface area contributed by atoms with Gasteiger partial charge in [-0.15, -0.1) is 0 Å². The summed E-state index contributed by atoms with van der Waals surface area (Å²) in [6.45, 7) is 4.44. The molecule has 0 radical (unpaired) electrons. The molecule has 88 valence electrons. The normalized spacial score (nSPS) is 37.0. The van der Waals surface area contributed by atoms with Crippen LogP contribution in [0.4, 0.5) is 8.78 Å². The molecule has 3 heteroatoms. The Hall–Kier alpha value is -0.180. The third-order valence-electron chi connectivity index (χ3n) is 4.19. The van der Waals surface area contributed by atoms with E-state index in [1.54, 1.807) is 0 Å². The fourth-order valence-corrected chi connectivity index (χ4v) is 3.39. The van der Waals surface area contributed by atoms with Gasteiger partial charge in [0.1, 0.15) is 0 Å². The number of alkyl halides is 2. The lowest BCUT2D eigenvalue weighted by atomic mass is 9.58. The van der Waals surface area contributed by atoms with Crippen LogP contribution in [0.15, 0.2) is 0 Å². The third kappa shape index (κ3) is 2.17. The topological polar surface area (TPSA) is 26.0 Å². The molecule has 2 saturated carbocycles. The van der Waals surface area contributed by atoms with Gasteiger partial charge in [0.15, 0.2) is 0 Å². The van der Waals surface area contributed by atoms with E-state index >= 15 is 0 Å². The van der Waals surface area contributed by atoms with Gasteiger partial charge in [-0.25, -0.2) is 8.78 Å². The van der Waals surface area contributed by atoms with Gasteiger partial charge < -0.3 is 5.73 Å². The van der Waals surface area contributed by atoms with Crippen molar-refractivity contribution in [1.29, 1.82) is 0 Å². The minimum absolute atomic E-state index is 0.0965. The van der Waals surface area contributed by atoms with E-state index < -0.39 is 11.5 Å². The number of hydrogen-bond acceptors (Lipinski definition) is 1. The Labute approximate surface area is 90.4 Å². The lowest BCUT2D eigenvalue weighted by molar-refractivity contribution is -0.147. The van der Waals surface area contributed by atoms with Gasteiger partial charge >= 0.3 is 0 Å². The lowest BCUT2D eigenvalue weighted by Crippen LogP contribution is -2.63. The lowest BCUT2D eigenvalue weighted by Gasteiger charge is -2.53. The van der Waals surface area contributed by atoms with Crippen molar-refractivity contribution in [3.05, 3.63) is 0 Å². The van der Waals surface area contributed by atoms with E-state index in [4.69, 9.17) is 5.73 Å². The molecule has 0 heterocycles. The minimum Gasteiger partial charge on any atom is -0.324 e. The van der Waals surface area contributed by atoms with E-state index in [9.17, 15) is 8.78 Å². The fourth-order valence-electron chi connectivity index (χ4n) is 3.39. The number of hydrogen-bond donors (Lipinski definition) is 1. The van der Waals surface area contributed by atoms with Crippen LogP contribution in [0.25, 0.3) is 0 Å². The summed E-state index contributed by atoms with van der Waals surface area (Å²) >= 11 is 0. The van der Waals surface area contributed by atoms with Crippen LogP contribution in [-0.4, -0.2) is 11.5 Å². The highest BCUT2D eigenvalue weighted by atomic mass is 19.3. The average molecular weight is 217 g/mol. The van der Waals surface area contributed by atoms with Gasteiger partial charge in [-0.05, 0) is 30.6 Å². The van der Waals surface area contributed by atoms with Crippen molar-refractivity contribution in [2.45, 2.75) is 63.8 Å². The summed E-state index contributed by atoms with van der Waals surface area (Å²) in [6.07, 6.45) is 4.20. The molecule has 2 rings (SSSR count). The van der Waals surface area contributed by atoms with Crippen molar-refractivity contribution in [2.75, 3.05) is 0 Å². The summed E-state index contributed by atoms with van der Waals surface area (Å²) in [6, 6.07) is 0. The maximum absolute atomic E-state index is 12.9. The first kappa shape index (κ1) is 11.3. The molecule has 0 saturated heterocycles. The smallest absolute Gasteiger partial charge is 0.251 e. The van der Waals surface area contributed by atoms with Crippen molar-refractivity contribution >= 4 is 0 Å². The van der Waals surface area contributed by atoms with Gasteiger partial charge in [0.25, 0.3) is 5.92 Å². The van der Waals surface area contributed by atoms with Crippen LogP contribution < -0.4 is 5.73 Å². The number of nitrogens with two attached hydrogens (primary N) is 1. The molecular formula is C12H21F2N. The Balaban J connectivity index is 2.00. The Kier molecular flexibility index (Phi) is 2.38. The highest BCUT2D eigenvalue weighted by molar-refractivity contribution is 5.08. The van der Waals surface area contributed by atoms with Gasteiger partial charge in [0.2, 0.25) is 0 Å². The molecule has 0 aromatic rings. The molecule has 2 fully saturated rings. The molecule has 0 bridgehead atoms. The third-order valence-corrected chi connectivity index (χ3v) is 4.19. The Morgan fingerprint density at radius 1 is 1.20 bits per heavy atom. The second-order valence-electron chi connectivity index (χ2n) is 6.40. The standard InChI is InChI=1S/C12H21F2N/c1-10(2)5-3-4-9(6-10)11(15)7-12(13,14)8-11/h9H,3-8,15H2,1-2H3. The predicted octanol–water partition coefficient (Wildman–Crippen LogP) is 3.33. The summed E-state index contributed by atoms with van der Waals surface area (Å²) < 4.78 is 25.8. The van der Waals surface area contributed by atoms with Crippen LogP contribution in [0, 0.1) is 11.3 Å². The summed E-state index contributed by atoms with van der Waals surface area (Å²) in [7, 11) is 0. The molecule has 0 aromatic carbocycles. The summed E-state index contributed by atoms with van der Waals surface area (Å²) in [4.78, 5) is 0. The second-order valence-corrected chi connectivity index (χ2v) is 6.40. The molecule has 0 amide bonds. The molecule has 1 nitrogen and oxygen atoms in total. The molecular weight excluding hydrogens is 196 g/mol. The molecule has 2 N–H and O–H groups in total. The van der Waals surface area contributed by atoms with E-state index in [0.717, 1.165) is 19.3 Å². The SMILES string of the molecule is CC1(C)CCCC(C2(N)CC(F)(F)C2)C1. The predicted molar refractivity (Wildman–Crippen MR) is 56.8 cm³/mol. The van der Waals surface area contributed by atoms with E-state index in [0.29, 0.717) is 11.3 Å². The van der Waals surface area contributed by atoms with Crippen LogP contribution in [0.1, 0.15) is 52.4 Å². The van der Waals surface area contributed by atoms with Crippen LogP contribution >= 0.6 is 0 Å². The quantitative estimate of drug-likeness (QED) is 0.716. The maximum atomic E-state index is 12.9. The number of halogens is 2. The molecule has 1 atom stereocenters. The second kappa shape index (κ2) is 3.16. The van der Waals surface area contributed by atoms with Crippen molar-refractivity contribution in [3.8, 4) is 0 Å². The molecule has 0 spiro atoms. The molecule has 2 aliphatic carbocycles. The van der Waals surface area contributed by atoms with E-state index in [-0.39, 0.29) is 12.8 Å². The average Bonchev–Trinajstić information content (AvgIpc) is 1.98. The zero-order valence-electron chi connectivity index (χ0n) is 9.65. The first-order valence-electron chi connectivity index (χ1n) is 5.89. The van der Waals surface area contributed by atoms with Crippen LogP contribution in [-0.2, 0) is 0 Å². The Bertz CT molecular complexity index is 252. The van der Waals surface area contributed by atoms with E-state index in [1.807, 2.05) is 0 Å². The first-order valence-corrected chi connectivity index (χ1v) is 5.89. The Morgan fingerprint density at radius 3 is 2.27 bits per heavy atom. The monoisotopic (exact) mass is 217 g/mol. The molecule has 0 aliphatic heterocycles. The number of rotatable bonds is 1. The van der Waals surface area contributed by atoms with Crippen LogP contribution in [0.5, 0.6) is 0 Å². The minimum atomic E-state index is -2.49. The first-order chi connectivity index (χ1) is 6.73. The van der Waals surface area contributed by atoms with Crippen LogP contribution in [0.3, 0.4) is 0 Å². The summed E-state index contributed by atoms with van der Waals surface area (Å²) in [5.41, 5.74) is 5.82. The van der Waals surface area contributed by atoms with Crippen molar-refractivity contribution in [1.82, 2.24) is 0 Å². The van der Waals surface area contributed by atoms with E-state index in [1.165, 1.54) is 6.42 Å². The van der Waals surface area contributed by atoms with Gasteiger partial charge in [0.05, 0.1) is 0 Å². The summed E-state index contributed by atoms with van der Waals surface area (Å²) in [5, 5.41) is 0. The highest BCUT2D eigenvalue weighted by Crippen LogP contribution is 2.53. The Morgan fingerprint density at radius 2 is 1.80 bits per heavy atom. The molecule has 0 aromatic heterocycles. The zero-order valence-corrected chi connectivity index (χ0v) is 9.65. The molecule has 15 heavy (non-hydrogen) atoms. The summed E-state index contributed by atoms with van der Waals surface area (Å²) in [5.74, 6) is -2.18. The maximum Gasteiger partial charge on any atom is 0.251 e. The van der Waals surface area contributed by atoms with Crippen molar-refractivity contribution < 1.29 is 8.78 Å². The van der Waals surface area contributed by atoms with Crippen molar-refractivity contribution in [2.24, 2.45) is 17.1 Å². The zero-order chi connectivity index (χ0) is 11.3. The molecule has 2 aliphatic rings. The van der Waals surface area contributed by atoms with Gasteiger partial charge in [-0.1, -0.05) is 20.3 Å². The van der Waals surface area contributed by atoms with Crippen molar-refractivity contribution in [3.63, 3.8) is 0 Å². The van der Waals surface area contributed by atoms with Crippen LogP contribution in [0.2, 0.25) is 0 Å². The highest BCUT2D eigenvalue weighted by Gasteiger charge is 2.58. The van der Waals surface area contributed by atoms with E-state index in [2.05, 4.69) is 13.8 Å². The molecule has 1 unspecified atom stereocenters. The van der Waals surface area contributed by atoms with Gasteiger partial charge in [0, 0.05) is 18.4 Å². The largest absolute Gasteiger partial charge is 0.324 e. The van der Waals surface area contributed by atoms with Gasteiger partial charge in [-0.3, -0.25) is 0 Å². The van der Waals surface area contributed by atoms with Gasteiger partial charge in [-0.2, -0.15) is 0 Å².